The van der Waals surface area contributed by atoms with E-state index in [1.807, 2.05) is 13.0 Å². The lowest BCUT2D eigenvalue weighted by Gasteiger charge is -2.11. The molecule has 0 saturated heterocycles. The van der Waals surface area contributed by atoms with Crippen molar-refractivity contribution < 1.29 is 4.92 Å². The van der Waals surface area contributed by atoms with E-state index in [0.717, 1.165) is 20.8 Å². The van der Waals surface area contributed by atoms with Gasteiger partial charge in [-0.25, -0.2) is 9.97 Å². The van der Waals surface area contributed by atoms with Gasteiger partial charge in [0.25, 0.3) is 5.69 Å². The standard InChI is InChI=1S/C16H15N3O2S2/c1-9-10(2)22-15-14(9)16(18-8-17-15)23-11(3)12-5-4-6-13(7-12)19(20)21/h4-8,11H,1-3H3/t11-/m1/s1. The molecule has 0 unspecified atom stereocenters. The molecule has 118 valence electrons. The quantitative estimate of drug-likeness (QED) is 0.286. The van der Waals surface area contributed by atoms with E-state index in [9.17, 15) is 10.1 Å². The number of hydrogen-bond acceptors (Lipinski definition) is 6. The summed E-state index contributed by atoms with van der Waals surface area (Å²) in [6, 6.07) is 6.77. The Morgan fingerprint density at radius 1 is 1.30 bits per heavy atom. The summed E-state index contributed by atoms with van der Waals surface area (Å²) >= 11 is 3.28. The number of benzene rings is 1. The third-order valence-corrected chi connectivity index (χ3v) is 6.04. The summed E-state index contributed by atoms with van der Waals surface area (Å²) in [4.78, 5) is 21.6. The van der Waals surface area contributed by atoms with Gasteiger partial charge >= 0.3 is 0 Å². The van der Waals surface area contributed by atoms with Crippen LogP contribution in [-0.2, 0) is 0 Å². The number of fused-ring (bicyclic) bond motifs is 1. The maximum absolute atomic E-state index is 10.9. The molecule has 0 saturated carbocycles. The van der Waals surface area contributed by atoms with Crippen LogP contribution in [-0.4, -0.2) is 14.9 Å². The highest BCUT2D eigenvalue weighted by atomic mass is 32.2. The predicted molar refractivity (Wildman–Crippen MR) is 94.3 cm³/mol. The number of hydrogen-bond donors (Lipinski definition) is 0. The van der Waals surface area contributed by atoms with Crippen LogP contribution < -0.4 is 0 Å². The monoisotopic (exact) mass is 345 g/mol. The number of thiophene rings is 1. The zero-order valence-corrected chi connectivity index (χ0v) is 14.6. The summed E-state index contributed by atoms with van der Waals surface area (Å²) < 4.78 is 0. The Kier molecular flexibility index (Phi) is 4.32. The molecule has 3 rings (SSSR count). The Morgan fingerprint density at radius 3 is 2.83 bits per heavy atom. The van der Waals surface area contributed by atoms with Crippen LogP contribution in [0.4, 0.5) is 5.69 Å². The van der Waals surface area contributed by atoms with Crippen LogP contribution >= 0.6 is 23.1 Å². The Labute approximate surface area is 141 Å². The molecule has 5 nitrogen and oxygen atoms in total. The molecule has 0 amide bonds. The third kappa shape index (κ3) is 3.07. The van der Waals surface area contributed by atoms with Crippen LogP contribution in [0.1, 0.15) is 28.2 Å². The lowest BCUT2D eigenvalue weighted by atomic mass is 10.1. The average Bonchev–Trinajstić information content (AvgIpc) is 2.83. The van der Waals surface area contributed by atoms with Gasteiger partial charge in [-0.05, 0) is 31.9 Å². The number of non-ortho nitro benzene ring substituents is 1. The highest BCUT2D eigenvalue weighted by molar-refractivity contribution is 7.99. The van der Waals surface area contributed by atoms with Crippen molar-refractivity contribution in [3.05, 3.63) is 56.7 Å². The summed E-state index contributed by atoms with van der Waals surface area (Å²) in [7, 11) is 0. The zero-order chi connectivity index (χ0) is 16.6. The lowest BCUT2D eigenvalue weighted by Crippen LogP contribution is -1.94. The van der Waals surface area contributed by atoms with Crippen LogP contribution in [0.2, 0.25) is 0 Å². The van der Waals surface area contributed by atoms with Gasteiger partial charge in [-0.3, -0.25) is 10.1 Å². The molecular weight excluding hydrogens is 330 g/mol. The number of nitro benzene ring substituents is 1. The summed E-state index contributed by atoms with van der Waals surface area (Å²) in [5.74, 6) is 0. The van der Waals surface area contributed by atoms with E-state index in [2.05, 4.69) is 23.8 Å². The van der Waals surface area contributed by atoms with E-state index in [4.69, 9.17) is 0 Å². The fourth-order valence-electron chi connectivity index (χ4n) is 2.37. The summed E-state index contributed by atoms with van der Waals surface area (Å²) in [5.41, 5.74) is 2.24. The van der Waals surface area contributed by atoms with Crippen molar-refractivity contribution in [2.45, 2.75) is 31.0 Å². The molecular formula is C16H15N3O2S2. The van der Waals surface area contributed by atoms with E-state index >= 15 is 0 Å². The van der Waals surface area contributed by atoms with Crippen LogP contribution in [0.15, 0.2) is 35.6 Å². The molecule has 0 spiro atoms. The first kappa shape index (κ1) is 15.9. The Hall–Kier alpha value is -1.99. The van der Waals surface area contributed by atoms with E-state index in [1.165, 1.54) is 16.5 Å². The molecule has 0 aliphatic carbocycles. The molecule has 1 atom stereocenters. The number of rotatable bonds is 4. The molecule has 1 aromatic carbocycles. The van der Waals surface area contributed by atoms with Crippen molar-refractivity contribution in [1.82, 2.24) is 9.97 Å². The van der Waals surface area contributed by atoms with E-state index < -0.39 is 0 Å². The third-order valence-electron chi connectivity index (χ3n) is 3.77. The fourth-order valence-corrected chi connectivity index (χ4v) is 4.52. The van der Waals surface area contributed by atoms with Gasteiger partial charge in [0.2, 0.25) is 0 Å². The van der Waals surface area contributed by atoms with Gasteiger partial charge in [-0.15, -0.1) is 11.3 Å². The number of thioether (sulfide) groups is 1. The van der Waals surface area contributed by atoms with Crippen LogP contribution in [0, 0.1) is 24.0 Å². The van der Waals surface area contributed by atoms with E-state index in [1.54, 1.807) is 41.6 Å². The topological polar surface area (TPSA) is 68.9 Å². The lowest BCUT2D eigenvalue weighted by molar-refractivity contribution is -0.384. The second-order valence-corrected chi connectivity index (χ2v) is 7.79. The second-order valence-electron chi connectivity index (χ2n) is 5.25. The van der Waals surface area contributed by atoms with Gasteiger partial charge in [0.15, 0.2) is 0 Å². The summed E-state index contributed by atoms with van der Waals surface area (Å²) in [5, 5.41) is 13.0. The Balaban J connectivity index is 1.96. The molecule has 0 aliphatic heterocycles. The minimum Gasteiger partial charge on any atom is -0.258 e. The smallest absolute Gasteiger partial charge is 0.258 e. The number of aryl methyl sites for hydroxylation is 2. The number of nitro groups is 1. The molecule has 0 bridgehead atoms. The van der Waals surface area contributed by atoms with Crippen molar-refractivity contribution in [2.75, 3.05) is 0 Å². The minimum atomic E-state index is -0.365. The van der Waals surface area contributed by atoms with Crippen molar-refractivity contribution in [3.63, 3.8) is 0 Å². The van der Waals surface area contributed by atoms with Crippen LogP contribution in [0.25, 0.3) is 10.2 Å². The van der Waals surface area contributed by atoms with Crippen molar-refractivity contribution in [3.8, 4) is 0 Å². The summed E-state index contributed by atoms with van der Waals surface area (Å²) in [6.45, 7) is 6.20. The predicted octanol–water partition coefficient (Wildman–Crippen LogP) is 5.07. The molecule has 23 heavy (non-hydrogen) atoms. The molecule has 0 aliphatic rings. The van der Waals surface area contributed by atoms with E-state index in [0.29, 0.717) is 0 Å². The minimum absolute atomic E-state index is 0.0626. The molecule has 2 heterocycles. The highest BCUT2D eigenvalue weighted by Crippen LogP contribution is 2.40. The van der Waals surface area contributed by atoms with Crippen molar-refractivity contribution >= 4 is 39.0 Å². The highest BCUT2D eigenvalue weighted by Gasteiger charge is 2.17. The molecule has 0 radical (unpaired) electrons. The van der Waals surface area contributed by atoms with Gasteiger partial charge in [0.05, 0.1) is 4.92 Å². The normalized spacial score (nSPS) is 12.5. The van der Waals surface area contributed by atoms with E-state index in [-0.39, 0.29) is 15.9 Å². The number of aromatic nitrogens is 2. The zero-order valence-electron chi connectivity index (χ0n) is 12.9. The first-order valence-electron chi connectivity index (χ1n) is 7.09. The van der Waals surface area contributed by atoms with Crippen LogP contribution in [0.5, 0.6) is 0 Å². The van der Waals surface area contributed by atoms with Crippen LogP contribution in [0.3, 0.4) is 0 Å². The van der Waals surface area contributed by atoms with Gasteiger partial charge < -0.3 is 0 Å². The summed E-state index contributed by atoms with van der Waals surface area (Å²) in [6.07, 6.45) is 1.58. The van der Waals surface area contributed by atoms with Crippen molar-refractivity contribution in [1.29, 1.82) is 0 Å². The Morgan fingerprint density at radius 2 is 2.09 bits per heavy atom. The molecule has 2 aromatic heterocycles. The molecule has 0 fully saturated rings. The maximum Gasteiger partial charge on any atom is 0.269 e. The molecule has 7 heteroatoms. The first-order valence-corrected chi connectivity index (χ1v) is 8.78. The second kappa shape index (κ2) is 6.25. The van der Waals surface area contributed by atoms with Gasteiger partial charge in [-0.2, -0.15) is 0 Å². The Bertz CT molecular complexity index is 892. The largest absolute Gasteiger partial charge is 0.269 e. The average molecular weight is 345 g/mol. The van der Waals surface area contributed by atoms with Crippen molar-refractivity contribution in [2.24, 2.45) is 0 Å². The molecule has 0 N–H and O–H groups in total. The van der Waals surface area contributed by atoms with Gasteiger partial charge in [-0.1, -0.05) is 23.9 Å². The van der Waals surface area contributed by atoms with Gasteiger partial charge in [0.1, 0.15) is 16.2 Å². The SMILES string of the molecule is Cc1sc2ncnc(S[C@H](C)c3cccc([N+](=O)[O-])c3)c2c1C. The maximum atomic E-state index is 10.9. The number of nitrogens with zero attached hydrogens (tertiary/aromatic N) is 3. The molecule has 3 aromatic rings. The first-order chi connectivity index (χ1) is 11.0. The fraction of sp³-hybridized carbons (Fsp3) is 0.250. The van der Waals surface area contributed by atoms with Gasteiger partial charge in [0, 0.05) is 27.6 Å².